The van der Waals surface area contributed by atoms with Crippen molar-refractivity contribution in [3.05, 3.63) is 16.0 Å². The van der Waals surface area contributed by atoms with Crippen molar-refractivity contribution in [2.75, 3.05) is 32.1 Å². The van der Waals surface area contributed by atoms with Crippen molar-refractivity contribution >= 4 is 40.2 Å². The van der Waals surface area contributed by atoms with Gasteiger partial charge in [-0.2, -0.15) is 5.26 Å². The zero-order valence-corrected chi connectivity index (χ0v) is 17.0. The maximum Gasteiger partial charge on any atom is 0.326 e. The number of aryl methyl sites for hydroxylation is 1. The fourth-order valence-electron chi connectivity index (χ4n) is 3.42. The Bertz CT molecular complexity index is 888. The number of carbonyl (C=O) groups is 4. The van der Waals surface area contributed by atoms with Gasteiger partial charge in [-0.05, 0) is 37.7 Å². The second kappa shape index (κ2) is 9.05. The van der Waals surface area contributed by atoms with Crippen LogP contribution in [0.15, 0.2) is 0 Å². The van der Waals surface area contributed by atoms with E-state index in [0.717, 1.165) is 41.0 Å². The number of nitrogens with zero attached hydrogens (tertiary/aromatic N) is 3. The highest BCUT2D eigenvalue weighted by Gasteiger charge is 2.33. The predicted molar refractivity (Wildman–Crippen MR) is 104 cm³/mol. The first-order valence-corrected chi connectivity index (χ1v) is 10.3. The summed E-state index contributed by atoms with van der Waals surface area (Å²) in [5.74, 6) is -1.38. The molecule has 1 aliphatic heterocycles. The third-order valence-corrected chi connectivity index (χ3v) is 6.10. The van der Waals surface area contributed by atoms with Crippen molar-refractivity contribution in [1.82, 2.24) is 9.80 Å². The molecule has 1 aliphatic carbocycles. The molecule has 1 fully saturated rings. The fraction of sp³-hybridized carbons (Fsp3) is 0.526. The standard InChI is InChI=1S/C19H22N4O5S/c1-22-10-16(25)23(19(22)27)8-4-7-17(26)28-11-15(24)21-18-13(9-20)12-5-2-3-6-14(12)29-18/h2-8,10-11H2,1H3,(H,21,24). The molecule has 10 heteroatoms. The van der Waals surface area contributed by atoms with E-state index in [1.165, 1.54) is 23.3 Å². The van der Waals surface area contributed by atoms with Crippen molar-refractivity contribution in [1.29, 1.82) is 5.26 Å². The van der Waals surface area contributed by atoms with E-state index < -0.39 is 18.5 Å². The lowest BCUT2D eigenvalue weighted by Crippen LogP contribution is -2.32. The number of esters is 1. The number of anilines is 1. The molecule has 0 unspecified atom stereocenters. The molecule has 1 N–H and O–H groups in total. The summed E-state index contributed by atoms with van der Waals surface area (Å²) in [5, 5.41) is 12.6. The van der Waals surface area contributed by atoms with Crippen molar-refractivity contribution in [3.8, 4) is 6.07 Å². The minimum atomic E-state index is -0.585. The average molecular weight is 418 g/mol. The first kappa shape index (κ1) is 20.8. The molecule has 1 aromatic heterocycles. The van der Waals surface area contributed by atoms with Gasteiger partial charge in [0, 0.05) is 24.9 Å². The van der Waals surface area contributed by atoms with Crippen LogP contribution >= 0.6 is 11.3 Å². The average Bonchev–Trinajstić information content (AvgIpc) is 3.16. The van der Waals surface area contributed by atoms with Crippen LogP contribution in [0.3, 0.4) is 0 Å². The number of fused-ring (bicyclic) bond motifs is 1. The van der Waals surface area contributed by atoms with E-state index in [1.54, 1.807) is 0 Å². The van der Waals surface area contributed by atoms with Crippen LogP contribution < -0.4 is 5.32 Å². The van der Waals surface area contributed by atoms with Crippen LogP contribution in [0.1, 0.15) is 41.7 Å². The highest BCUT2D eigenvalue weighted by Crippen LogP contribution is 2.37. The molecule has 2 aliphatic rings. The quantitative estimate of drug-likeness (QED) is 0.531. The Kier molecular flexibility index (Phi) is 6.49. The summed E-state index contributed by atoms with van der Waals surface area (Å²) >= 11 is 1.41. The molecule has 1 aromatic rings. The number of amides is 4. The van der Waals surface area contributed by atoms with Crippen LogP contribution in [0.2, 0.25) is 0 Å². The Morgan fingerprint density at radius 1 is 1.28 bits per heavy atom. The second-order valence-electron chi connectivity index (χ2n) is 7.02. The van der Waals surface area contributed by atoms with Crippen LogP contribution in [0, 0.1) is 11.3 Å². The van der Waals surface area contributed by atoms with Crippen molar-refractivity contribution in [3.63, 3.8) is 0 Å². The van der Waals surface area contributed by atoms with Gasteiger partial charge >= 0.3 is 12.0 Å². The summed E-state index contributed by atoms with van der Waals surface area (Å²) in [6.45, 7) is -0.271. The predicted octanol–water partition coefficient (Wildman–Crippen LogP) is 1.65. The minimum absolute atomic E-state index is 0.00913. The lowest BCUT2D eigenvalue weighted by molar-refractivity contribution is -0.147. The van der Waals surface area contributed by atoms with Gasteiger partial charge in [0.25, 0.3) is 5.91 Å². The van der Waals surface area contributed by atoms with E-state index in [2.05, 4.69) is 11.4 Å². The van der Waals surface area contributed by atoms with E-state index in [4.69, 9.17) is 4.74 Å². The summed E-state index contributed by atoms with van der Waals surface area (Å²) in [4.78, 5) is 50.9. The topological polar surface area (TPSA) is 120 Å². The fourth-order valence-corrected chi connectivity index (χ4v) is 4.68. The van der Waals surface area contributed by atoms with Crippen LogP contribution in [0.25, 0.3) is 0 Å². The molecular formula is C19H22N4O5S. The molecule has 0 aromatic carbocycles. The van der Waals surface area contributed by atoms with Gasteiger partial charge in [0.15, 0.2) is 6.61 Å². The first-order valence-electron chi connectivity index (χ1n) is 9.46. The number of ether oxygens (including phenoxy) is 1. The minimum Gasteiger partial charge on any atom is -0.456 e. The number of thiophene rings is 1. The van der Waals surface area contributed by atoms with Gasteiger partial charge in [-0.15, -0.1) is 11.3 Å². The van der Waals surface area contributed by atoms with Crippen molar-refractivity contribution < 1.29 is 23.9 Å². The van der Waals surface area contributed by atoms with Crippen molar-refractivity contribution in [2.24, 2.45) is 0 Å². The van der Waals surface area contributed by atoms with Crippen molar-refractivity contribution in [2.45, 2.75) is 38.5 Å². The molecule has 0 bridgehead atoms. The molecule has 9 nitrogen and oxygen atoms in total. The summed E-state index contributed by atoms with van der Waals surface area (Å²) in [7, 11) is 1.54. The molecule has 4 amide bonds. The highest BCUT2D eigenvalue weighted by molar-refractivity contribution is 7.16. The Morgan fingerprint density at radius 3 is 2.72 bits per heavy atom. The maximum atomic E-state index is 12.1. The van der Waals surface area contributed by atoms with Gasteiger partial charge in [0.1, 0.15) is 17.6 Å². The van der Waals surface area contributed by atoms with E-state index in [0.29, 0.717) is 10.6 Å². The molecule has 2 heterocycles. The lowest BCUT2D eigenvalue weighted by atomic mass is 9.96. The lowest BCUT2D eigenvalue weighted by Gasteiger charge is -2.13. The molecule has 1 saturated heterocycles. The Balaban J connectivity index is 1.42. The Morgan fingerprint density at radius 2 is 2.03 bits per heavy atom. The van der Waals surface area contributed by atoms with Gasteiger partial charge in [-0.25, -0.2) is 4.79 Å². The number of likely N-dealkylation sites (N-methyl/N-ethyl adjacent to an activating group) is 1. The molecule has 0 atom stereocenters. The second-order valence-corrected chi connectivity index (χ2v) is 8.13. The van der Waals surface area contributed by atoms with Crippen LogP contribution in [0.5, 0.6) is 0 Å². The number of nitrogens with one attached hydrogen (secondary N) is 1. The molecule has 0 saturated carbocycles. The SMILES string of the molecule is CN1CC(=O)N(CCCC(=O)OCC(=O)Nc2sc3c(c2C#N)CCCC3)C1=O. The number of urea groups is 1. The Hall–Kier alpha value is -2.93. The van der Waals surface area contributed by atoms with Gasteiger partial charge in [-0.1, -0.05) is 0 Å². The van der Waals surface area contributed by atoms with Gasteiger partial charge in [-0.3, -0.25) is 19.3 Å². The summed E-state index contributed by atoms with van der Waals surface area (Å²) in [6.07, 6.45) is 4.13. The number of hydrogen-bond acceptors (Lipinski definition) is 7. The number of imide groups is 1. The van der Waals surface area contributed by atoms with E-state index >= 15 is 0 Å². The van der Waals surface area contributed by atoms with Gasteiger partial charge in [0.05, 0.1) is 5.56 Å². The molecule has 29 heavy (non-hydrogen) atoms. The number of nitriles is 1. The smallest absolute Gasteiger partial charge is 0.326 e. The zero-order chi connectivity index (χ0) is 21.0. The number of carbonyl (C=O) groups excluding carboxylic acids is 4. The largest absolute Gasteiger partial charge is 0.456 e. The van der Waals surface area contributed by atoms with E-state index in [9.17, 15) is 24.4 Å². The molecule has 154 valence electrons. The molecule has 3 rings (SSSR count). The number of hydrogen-bond donors (Lipinski definition) is 1. The Labute approximate surface area is 172 Å². The monoisotopic (exact) mass is 418 g/mol. The number of rotatable bonds is 7. The van der Waals surface area contributed by atoms with Gasteiger partial charge in [0.2, 0.25) is 5.91 Å². The molecule has 0 spiro atoms. The van der Waals surface area contributed by atoms with Crippen LogP contribution in [0.4, 0.5) is 9.80 Å². The van der Waals surface area contributed by atoms with E-state index in [1.807, 2.05) is 0 Å². The van der Waals surface area contributed by atoms with Gasteiger partial charge < -0.3 is 15.0 Å². The molecular weight excluding hydrogens is 396 g/mol. The third kappa shape index (κ3) is 4.74. The molecule has 0 radical (unpaired) electrons. The third-order valence-electron chi connectivity index (χ3n) is 4.89. The summed E-state index contributed by atoms with van der Waals surface area (Å²) in [5.41, 5.74) is 1.53. The highest BCUT2D eigenvalue weighted by atomic mass is 32.1. The normalized spacial score (nSPS) is 15.9. The first-order chi connectivity index (χ1) is 13.9. The van der Waals surface area contributed by atoms with E-state index in [-0.39, 0.29) is 37.9 Å². The van der Waals surface area contributed by atoms with Crippen LogP contribution in [-0.2, 0) is 32.0 Å². The zero-order valence-electron chi connectivity index (χ0n) is 16.2. The maximum absolute atomic E-state index is 12.1. The summed E-state index contributed by atoms with van der Waals surface area (Å²) in [6, 6.07) is 1.78. The van der Waals surface area contributed by atoms with Crippen LogP contribution in [-0.4, -0.2) is 60.4 Å². The summed E-state index contributed by atoms with van der Waals surface area (Å²) < 4.78 is 4.96.